The molecule has 162 valence electrons. The monoisotopic (exact) mass is 420 g/mol. The van der Waals surface area contributed by atoms with E-state index in [2.05, 4.69) is 17.2 Å². The summed E-state index contributed by atoms with van der Waals surface area (Å²) in [6.07, 6.45) is 2.36. The van der Waals surface area contributed by atoms with Crippen molar-refractivity contribution < 1.29 is 9.53 Å². The van der Waals surface area contributed by atoms with E-state index in [-0.39, 0.29) is 17.5 Å². The Bertz CT molecular complexity index is 1100. The zero-order valence-electron chi connectivity index (χ0n) is 18.0. The van der Waals surface area contributed by atoms with Crippen LogP contribution in [0.3, 0.4) is 0 Å². The van der Waals surface area contributed by atoms with Gasteiger partial charge in [-0.25, -0.2) is 9.48 Å². The molecule has 1 saturated heterocycles. The fourth-order valence-electron chi connectivity index (χ4n) is 4.20. The quantitative estimate of drug-likeness (QED) is 0.615. The van der Waals surface area contributed by atoms with Crippen LogP contribution in [0.15, 0.2) is 59.4 Å². The highest BCUT2D eigenvalue weighted by Gasteiger charge is 2.28. The number of ether oxygens (including phenoxy) is 1. The van der Waals surface area contributed by atoms with E-state index in [4.69, 9.17) is 4.74 Å². The molecule has 0 saturated carbocycles. The molecule has 1 aromatic heterocycles. The maximum absolute atomic E-state index is 12.9. The Balaban J connectivity index is 1.44. The van der Waals surface area contributed by atoms with Gasteiger partial charge in [0.15, 0.2) is 0 Å². The molecular formula is C24H28N4O3. The number of rotatable bonds is 6. The standard InChI is InChI=1S/C24H28N4O3/c1-26-24(30)28(16-11-18-7-4-3-5-8-18)22(25-26)19-12-14-27(15-13-19)23(29)20-9-6-10-21(17-20)31-2/h3-10,17,19H,11-16H2,1-2H3. The van der Waals surface area contributed by atoms with Gasteiger partial charge in [-0.15, -0.1) is 0 Å². The molecule has 7 nitrogen and oxygen atoms in total. The predicted octanol–water partition coefficient (Wildman–Crippen LogP) is 2.85. The molecule has 0 bridgehead atoms. The van der Waals surface area contributed by atoms with E-state index in [0.717, 1.165) is 25.1 Å². The van der Waals surface area contributed by atoms with Gasteiger partial charge in [0.05, 0.1) is 7.11 Å². The van der Waals surface area contributed by atoms with Crippen LogP contribution < -0.4 is 10.4 Å². The number of amides is 1. The van der Waals surface area contributed by atoms with Gasteiger partial charge in [-0.3, -0.25) is 9.36 Å². The zero-order chi connectivity index (χ0) is 21.8. The summed E-state index contributed by atoms with van der Waals surface area (Å²) in [7, 11) is 3.30. The molecule has 0 N–H and O–H groups in total. The molecule has 0 aliphatic carbocycles. The van der Waals surface area contributed by atoms with Crippen molar-refractivity contribution in [1.29, 1.82) is 0 Å². The smallest absolute Gasteiger partial charge is 0.345 e. The summed E-state index contributed by atoms with van der Waals surface area (Å²) in [6, 6.07) is 17.4. The highest BCUT2D eigenvalue weighted by Crippen LogP contribution is 2.27. The number of hydrogen-bond donors (Lipinski definition) is 0. The van der Waals surface area contributed by atoms with Gasteiger partial charge >= 0.3 is 5.69 Å². The van der Waals surface area contributed by atoms with E-state index in [0.29, 0.717) is 30.9 Å². The third kappa shape index (κ3) is 4.55. The summed E-state index contributed by atoms with van der Waals surface area (Å²) in [6.45, 7) is 1.89. The molecule has 2 aromatic carbocycles. The van der Waals surface area contributed by atoms with Crippen molar-refractivity contribution in [2.75, 3.05) is 20.2 Å². The number of aryl methyl sites for hydroxylation is 2. The highest BCUT2D eigenvalue weighted by molar-refractivity contribution is 5.94. The van der Waals surface area contributed by atoms with Gasteiger partial charge in [0.2, 0.25) is 0 Å². The van der Waals surface area contributed by atoms with Crippen molar-refractivity contribution in [2.24, 2.45) is 7.05 Å². The minimum atomic E-state index is -0.0826. The van der Waals surface area contributed by atoms with Crippen LogP contribution in [-0.4, -0.2) is 45.4 Å². The molecule has 1 fully saturated rings. The van der Waals surface area contributed by atoms with Gasteiger partial charge in [-0.05, 0) is 43.0 Å². The van der Waals surface area contributed by atoms with Crippen molar-refractivity contribution in [3.63, 3.8) is 0 Å². The first-order chi connectivity index (χ1) is 15.1. The lowest BCUT2D eigenvalue weighted by atomic mass is 9.95. The summed E-state index contributed by atoms with van der Waals surface area (Å²) in [4.78, 5) is 27.4. The van der Waals surface area contributed by atoms with Crippen molar-refractivity contribution >= 4 is 5.91 Å². The summed E-state index contributed by atoms with van der Waals surface area (Å²) >= 11 is 0. The number of methoxy groups -OCH3 is 1. The molecule has 0 spiro atoms. The lowest BCUT2D eigenvalue weighted by Crippen LogP contribution is -2.38. The van der Waals surface area contributed by atoms with Crippen LogP contribution in [-0.2, 0) is 20.0 Å². The number of hydrogen-bond acceptors (Lipinski definition) is 4. The predicted molar refractivity (Wildman–Crippen MR) is 118 cm³/mol. The Hall–Kier alpha value is -3.35. The van der Waals surface area contributed by atoms with Gasteiger partial charge < -0.3 is 9.64 Å². The summed E-state index contributed by atoms with van der Waals surface area (Å²) in [5, 5.41) is 4.54. The van der Waals surface area contributed by atoms with Crippen LogP contribution >= 0.6 is 0 Å². The number of benzene rings is 2. The molecule has 3 aromatic rings. The number of nitrogens with zero attached hydrogens (tertiary/aromatic N) is 4. The molecule has 0 atom stereocenters. The first-order valence-electron chi connectivity index (χ1n) is 10.7. The van der Waals surface area contributed by atoms with Gasteiger partial charge in [0.25, 0.3) is 5.91 Å². The lowest BCUT2D eigenvalue weighted by Gasteiger charge is -2.31. The number of aromatic nitrogens is 3. The molecule has 0 unspecified atom stereocenters. The average molecular weight is 421 g/mol. The third-order valence-corrected chi connectivity index (χ3v) is 5.97. The van der Waals surface area contributed by atoms with E-state index in [1.165, 1.54) is 10.2 Å². The Kier molecular flexibility index (Phi) is 6.21. The van der Waals surface area contributed by atoms with Crippen LogP contribution in [0.1, 0.15) is 40.5 Å². The van der Waals surface area contributed by atoms with Crippen molar-refractivity contribution in [2.45, 2.75) is 31.7 Å². The minimum absolute atomic E-state index is 0.0137. The SMILES string of the molecule is COc1cccc(C(=O)N2CCC(c3nn(C)c(=O)n3CCc3ccccc3)CC2)c1. The van der Waals surface area contributed by atoms with E-state index in [9.17, 15) is 9.59 Å². The molecular weight excluding hydrogens is 392 g/mol. The fourth-order valence-corrected chi connectivity index (χ4v) is 4.20. The Morgan fingerprint density at radius 3 is 2.55 bits per heavy atom. The average Bonchev–Trinajstić information content (AvgIpc) is 3.11. The number of likely N-dealkylation sites (tertiary alicyclic amines) is 1. The fraction of sp³-hybridized carbons (Fsp3) is 0.375. The highest BCUT2D eigenvalue weighted by atomic mass is 16.5. The van der Waals surface area contributed by atoms with Crippen LogP contribution in [0.2, 0.25) is 0 Å². The van der Waals surface area contributed by atoms with E-state index >= 15 is 0 Å². The van der Waals surface area contributed by atoms with Gasteiger partial charge in [-0.1, -0.05) is 36.4 Å². The lowest BCUT2D eigenvalue weighted by molar-refractivity contribution is 0.0709. The molecule has 2 heterocycles. The first-order valence-corrected chi connectivity index (χ1v) is 10.7. The van der Waals surface area contributed by atoms with Gasteiger partial charge in [0.1, 0.15) is 11.6 Å². The third-order valence-electron chi connectivity index (χ3n) is 5.97. The van der Waals surface area contributed by atoms with Crippen molar-refractivity contribution in [3.05, 3.63) is 82.0 Å². The molecule has 4 rings (SSSR count). The van der Waals surface area contributed by atoms with Crippen LogP contribution in [0.25, 0.3) is 0 Å². The molecule has 31 heavy (non-hydrogen) atoms. The maximum atomic E-state index is 12.9. The largest absolute Gasteiger partial charge is 0.497 e. The Labute approximate surface area is 181 Å². The van der Waals surface area contributed by atoms with Crippen LogP contribution in [0.4, 0.5) is 0 Å². The van der Waals surface area contributed by atoms with Gasteiger partial charge in [0, 0.05) is 38.2 Å². The first kappa shape index (κ1) is 20.9. The van der Waals surface area contributed by atoms with E-state index in [1.54, 1.807) is 24.8 Å². The van der Waals surface area contributed by atoms with Gasteiger partial charge in [-0.2, -0.15) is 5.10 Å². The van der Waals surface area contributed by atoms with Crippen molar-refractivity contribution in [1.82, 2.24) is 19.2 Å². The Morgan fingerprint density at radius 2 is 1.84 bits per heavy atom. The minimum Gasteiger partial charge on any atom is -0.497 e. The van der Waals surface area contributed by atoms with E-state index < -0.39 is 0 Å². The number of carbonyl (C=O) groups excluding carboxylic acids is 1. The second kappa shape index (κ2) is 9.20. The zero-order valence-corrected chi connectivity index (χ0v) is 18.0. The molecule has 0 radical (unpaired) electrons. The second-order valence-corrected chi connectivity index (χ2v) is 7.95. The molecule has 1 aliphatic heterocycles. The van der Waals surface area contributed by atoms with E-state index in [1.807, 2.05) is 41.3 Å². The number of piperidine rings is 1. The summed E-state index contributed by atoms with van der Waals surface area (Å²) in [5.74, 6) is 1.69. The topological polar surface area (TPSA) is 69.4 Å². The maximum Gasteiger partial charge on any atom is 0.345 e. The van der Waals surface area contributed by atoms with Crippen molar-refractivity contribution in [3.8, 4) is 5.75 Å². The Morgan fingerprint density at radius 1 is 1.10 bits per heavy atom. The second-order valence-electron chi connectivity index (χ2n) is 7.95. The summed E-state index contributed by atoms with van der Waals surface area (Å²) < 4.78 is 8.46. The molecule has 7 heteroatoms. The normalized spacial score (nSPS) is 14.6. The van der Waals surface area contributed by atoms with Crippen LogP contribution in [0.5, 0.6) is 5.75 Å². The summed E-state index contributed by atoms with van der Waals surface area (Å²) in [5.41, 5.74) is 1.75. The van der Waals surface area contributed by atoms with Crippen LogP contribution in [0, 0.1) is 0 Å². The number of carbonyl (C=O) groups is 1. The molecule has 1 amide bonds. The molecule has 1 aliphatic rings.